The minimum atomic E-state index is -0.421. The number of halogens is 1. The van der Waals surface area contributed by atoms with Gasteiger partial charge >= 0.3 is 0 Å². The van der Waals surface area contributed by atoms with Gasteiger partial charge in [0, 0.05) is 12.6 Å². The Morgan fingerprint density at radius 1 is 0.872 bits per heavy atom. The van der Waals surface area contributed by atoms with E-state index in [-0.39, 0.29) is 18.3 Å². The summed E-state index contributed by atoms with van der Waals surface area (Å²) >= 11 is 0. The molecule has 0 radical (unpaired) electrons. The van der Waals surface area contributed by atoms with Gasteiger partial charge in [-0.05, 0) is 77.7 Å². The zero-order valence-electron chi connectivity index (χ0n) is 22.7. The second kappa shape index (κ2) is 12.4. The third-order valence-corrected chi connectivity index (χ3v) is 6.61. The number of methoxy groups -OCH3 is 5. The molecule has 0 aliphatic carbocycles. The number of nitrogens with zero attached hydrogens (tertiary/aromatic N) is 1. The first-order valence-corrected chi connectivity index (χ1v) is 12.3. The number of benzene rings is 3. The minimum Gasteiger partial charge on any atom is -0.493 e. The third kappa shape index (κ3) is 6.03. The number of carbonyl (C=O) groups is 1. The van der Waals surface area contributed by atoms with E-state index in [0.717, 1.165) is 11.1 Å². The Hall–Kier alpha value is -4.40. The molecule has 206 valence electrons. The maximum atomic E-state index is 13.5. The van der Waals surface area contributed by atoms with Crippen molar-refractivity contribution in [1.82, 2.24) is 4.90 Å². The Bertz CT molecular complexity index is 1310. The van der Waals surface area contributed by atoms with Gasteiger partial charge < -0.3 is 33.3 Å². The number of fused-ring (bicyclic) bond motifs is 1. The molecule has 1 unspecified atom stereocenters. The van der Waals surface area contributed by atoms with E-state index in [4.69, 9.17) is 28.4 Å². The van der Waals surface area contributed by atoms with Crippen LogP contribution in [0.2, 0.25) is 0 Å². The van der Waals surface area contributed by atoms with Gasteiger partial charge in [-0.2, -0.15) is 0 Å². The van der Waals surface area contributed by atoms with Gasteiger partial charge in [-0.1, -0.05) is 0 Å². The van der Waals surface area contributed by atoms with Crippen LogP contribution in [0.3, 0.4) is 0 Å². The van der Waals surface area contributed by atoms with Gasteiger partial charge in [0.25, 0.3) is 0 Å². The molecule has 0 aromatic heterocycles. The van der Waals surface area contributed by atoms with Crippen LogP contribution >= 0.6 is 0 Å². The molecule has 4 rings (SSSR count). The van der Waals surface area contributed by atoms with Gasteiger partial charge in [-0.3, -0.25) is 4.79 Å². The molecule has 8 nitrogen and oxygen atoms in total. The van der Waals surface area contributed by atoms with Crippen LogP contribution in [-0.4, -0.2) is 59.5 Å². The highest BCUT2D eigenvalue weighted by molar-refractivity contribution is 5.92. The maximum Gasteiger partial charge on any atom is 0.247 e. The summed E-state index contributed by atoms with van der Waals surface area (Å²) < 4.78 is 46.7. The summed E-state index contributed by atoms with van der Waals surface area (Å²) in [6, 6.07) is 12.7. The summed E-state index contributed by atoms with van der Waals surface area (Å²) in [5.41, 5.74) is 2.65. The fourth-order valence-corrected chi connectivity index (χ4v) is 4.64. The molecule has 1 amide bonds. The number of carbonyl (C=O) groups excluding carboxylic acids is 1. The summed E-state index contributed by atoms with van der Waals surface area (Å²) in [7, 11) is 7.77. The van der Waals surface area contributed by atoms with E-state index in [0.29, 0.717) is 53.0 Å². The van der Waals surface area contributed by atoms with Crippen molar-refractivity contribution in [2.45, 2.75) is 12.5 Å². The van der Waals surface area contributed by atoms with Crippen molar-refractivity contribution in [2.24, 2.45) is 0 Å². The van der Waals surface area contributed by atoms with E-state index in [1.165, 1.54) is 39.5 Å². The molecular weight excluding hydrogens is 505 g/mol. The standard InChI is InChI=1S/C30H32FNO7/c1-34-25-16-20-12-13-32(29(33)11-6-19-14-27(36-3)30(38-5)28(15-19)37-4)24(23(20)17-26(25)35-2)18-39-22-9-7-21(31)8-10-22/h6-11,14-17,24H,12-13,18H2,1-5H3/b11-6+. The molecule has 1 atom stereocenters. The molecule has 3 aromatic carbocycles. The van der Waals surface area contributed by atoms with Crippen LogP contribution in [0, 0.1) is 5.82 Å². The Kier molecular flexibility index (Phi) is 8.81. The van der Waals surface area contributed by atoms with Gasteiger partial charge in [0.1, 0.15) is 18.2 Å². The molecule has 3 aromatic rings. The summed E-state index contributed by atoms with van der Waals surface area (Å²) in [4.78, 5) is 15.3. The number of hydrogen-bond donors (Lipinski definition) is 0. The second-order valence-corrected chi connectivity index (χ2v) is 8.76. The lowest BCUT2D eigenvalue weighted by Crippen LogP contribution is -2.41. The van der Waals surface area contributed by atoms with E-state index in [1.807, 2.05) is 12.1 Å². The number of hydrogen-bond acceptors (Lipinski definition) is 7. The quantitative estimate of drug-likeness (QED) is 0.334. The number of rotatable bonds is 10. The van der Waals surface area contributed by atoms with Crippen molar-refractivity contribution in [2.75, 3.05) is 48.7 Å². The Morgan fingerprint density at radius 3 is 2.08 bits per heavy atom. The minimum absolute atomic E-state index is 0.165. The van der Waals surface area contributed by atoms with Gasteiger partial charge in [0.2, 0.25) is 11.7 Å². The average Bonchev–Trinajstić information content (AvgIpc) is 2.97. The van der Waals surface area contributed by atoms with Crippen LogP contribution in [-0.2, 0) is 11.2 Å². The van der Waals surface area contributed by atoms with Crippen LogP contribution in [0.4, 0.5) is 4.39 Å². The zero-order valence-corrected chi connectivity index (χ0v) is 22.7. The topological polar surface area (TPSA) is 75.7 Å². The van der Waals surface area contributed by atoms with Crippen LogP contribution in [0.25, 0.3) is 6.08 Å². The molecule has 0 saturated carbocycles. The van der Waals surface area contributed by atoms with Gasteiger partial charge in [0.15, 0.2) is 23.0 Å². The summed E-state index contributed by atoms with van der Waals surface area (Å²) in [5, 5.41) is 0. The average molecular weight is 538 g/mol. The fourth-order valence-electron chi connectivity index (χ4n) is 4.64. The lowest BCUT2D eigenvalue weighted by Gasteiger charge is -2.37. The third-order valence-electron chi connectivity index (χ3n) is 6.61. The SMILES string of the molecule is COc1cc2c(cc1OC)C(COc1ccc(F)cc1)N(C(=O)/C=C/c1cc(OC)c(OC)c(OC)c1)CC2. The molecule has 0 spiro atoms. The van der Waals surface area contributed by atoms with Crippen LogP contribution in [0.5, 0.6) is 34.5 Å². The molecule has 1 aliphatic rings. The van der Waals surface area contributed by atoms with Gasteiger partial charge in [-0.15, -0.1) is 0 Å². The Morgan fingerprint density at radius 2 is 1.49 bits per heavy atom. The number of ether oxygens (including phenoxy) is 6. The smallest absolute Gasteiger partial charge is 0.247 e. The molecule has 1 heterocycles. The molecule has 0 saturated heterocycles. The lowest BCUT2D eigenvalue weighted by atomic mass is 9.92. The fraction of sp³-hybridized carbons (Fsp3) is 0.300. The van der Waals surface area contributed by atoms with E-state index >= 15 is 0 Å². The van der Waals surface area contributed by atoms with Crippen molar-refractivity contribution in [3.8, 4) is 34.5 Å². The Labute approximate surface area is 227 Å². The normalized spacial score (nSPS) is 14.5. The number of amides is 1. The molecule has 0 N–H and O–H groups in total. The molecule has 0 fully saturated rings. The van der Waals surface area contributed by atoms with E-state index in [1.54, 1.807) is 49.5 Å². The van der Waals surface area contributed by atoms with Crippen molar-refractivity contribution >= 4 is 12.0 Å². The first-order chi connectivity index (χ1) is 18.9. The predicted octanol–water partition coefficient (Wildman–Crippen LogP) is 5.09. The second-order valence-electron chi connectivity index (χ2n) is 8.76. The summed E-state index contributed by atoms with van der Waals surface area (Å²) in [5.74, 6) is 2.59. The summed E-state index contributed by atoms with van der Waals surface area (Å²) in [6.07, 6.45) is 3.85. The largest absolute Gasteiger partial charge is 0.493 e. The highest BCUT2D eigenvalue weighted by atomic mass is 19.1. The molecule has 9 heteroatoms. The van der Waals surface area contributed by atoms with Gasteiger partial charge in [-0.25, -0.2) is 4.39 Å². The van der Waals surface area contributed by atoms with E-state index in [2.05, 4.69) is 0 Å². The van der Waals surface area contributed by atoms with E-state index in [9.17, 15) is 9.18 Å². The first-order valence-electron chi connectivity index (χ1n) is 12.3. The molecule has 1 aliphatic heterocycles. The first kappa shape index (κ1) is 27.6. The summed E-state index contributed by atoms with van der Waals surface area (Å²) in [6.45, 7) is 0.635. The molecular formula is C30H32FNO7. The predicted molar refractivity (Wildman–Crippen MR) is 145 cm³/mol. The Balaban J connectivity index is 1.65. The van der Waals surface area contributed by atoms with Crippen LogP contribution in [0.1, 0.15) is 22.7 Å². The highest BCUT2D eigenvalue weighted by Gasteiger charge is 2.32. The van der Waals surface area contributed by atoms with Crippen LogP contribution in [0.15, 0.2) is 54.6 Å². The highest BCUT2D eigenvalue weighted by Crippen LogP contribution is 2.40. The van der Waals surface area contributed by atoms with Crippen molar-refractivity contribution in [3.05, 3.63) is 77.1 Å². The van der Waals surface area contributed by atoms with Gasteiger partial charge in [0.05, 0.1) is 41.6 Å². The lowest BCUT2D eigenvalue weighted by molar-refractivity contribution is -0.129. The van der Waals surface area contributed by atoms with Crippen molar-refractivity contribution in [1.29, 1.82) is 0 Å². The van der Waals surface area contributed by atoms with Crippen LogP contribution < -0.4 is 28.4 Å². The van der Waals surface area contributed by atoms with E-state index < -0.39 is 6.04 Å². The molecule has 0 bridgehead atoms. The monoisotopic (exact) mass is 537 g/mol. The van der Waals surface area contributed by atoms with Crippen molar-refractivity contribution < 1.29 is 37.6 Å². The molecule has 39 heavy (non-hydrogen) atoms. The maximum absolute atomic E-state index is 13.5. The zero-order chi connectivity index (χ0) is 27.9. The van der Waals surface area contributed by atoms with Crippen molar-refractivity contribution in [3.63, 3.8) is 0 Å².